The first-order chi connectivity index (χ1) is 15.5. The highest BCUT2D eigenvalue weighted by Gasteiger charge is 2.19. The number of fused-ring (bicyclic) bond motifs is 1. The van der Waals surface area contributed by atoms with Crippen LogP contribution >= 0.6 is 11.6 Å². The summed E-state index contributed by atoms with van der Waals surface area (Å²) < 4.78 is 8.09. The van der Waals surface area contributed by atoms with E-state index in [1.807, 2.05) is 43.3 Å². The molecule has 4 rings (SSSR count). The molecule has 3 aromatic carbocycles. The van der Waals surface area contributed by atoms with E-state index in [0.717, 1.165) is 29.0 Å². The summed E-state index contributed by atoms with van der Waals surface area (Å²) >= 11 is 5.93. The van der Waals surface area contributed by atoms with Gasteiger partial charge < -0.3 is 14.6 Å². The first-order valence-electron chi connectivity index (χ1n) is 10.8. The van der Waals surface area contributed by atoms with Crippen LogP contribution in [-0.4, -0.2) is 22.1 Å². The van der Waals surface area contributed by atoms with Crippen molar-refractivity contribution in [2.75, 3.05) is 6.61 Å². The van der Waals surface area contributed by atoms with Crippen molar-refractivity contribution >= 4 is 28.5 Å². The summed E-state index contributed by atoms with van der Waals surface area (Å²) in [5.41, 5.74) is 3.75. The lowest BCUT2D eigenvalue weighted by molar-refractivity contribution is 0.0937. The van der Waals surface area contributed by atoms with E-state index in [1.54, 1.807) is 24.3 Å². The Bertz CT molecular complexity index is 1200. The number of amides is 1. The molecule has 6 heteroatoms. The Kier molecular flexibility index (Phi) is 6.76. The maximum absolute atomic E-state index is 12.7. The number of hydrogen-bond acceptors (Lipinski definition) is 3. The fourth-order valence-electron chi connectivity index (χ4n) is 3.68. The smallest absolute Gasteiger partial charge is 0.251 e. The number of para-hydroxylation sites is 2. The topological polar surface area (TPSA) is 56.1 Å². The number of nitrogens with zero attached hydrogens (tertiary/aromatic N) is 2. The van der Waals surface area contributed by atoms with Crippen LogP contribution in [0.5, 0.6) is 5.75 Å². The standard InChI is InChI=1S/C26H26ClN3O2/c1-3-19-8-14-22(15-9-19)32-17-16-30-24-7-5-4-6-23(24)29-25(30)18(2)28-26(31)20-10-12-21(27)13-11-20/h4-15,18H,3,16-17H2,1-2H3,(H,28,31). The summed E-state index contributed by atoms with van der Waals surface area (Å²) in [6, 6.07) is 22.7. The summed E-state index contributed by atoms with van der Waals surface area (Å²) in [7, 11) is 0. The van der Waals surface area contributed by atoms with Crippen LogP contribution in [0, 0.1) is 0 Å². The van der Waals surface area contributed by atoms with Gasteiger partial charge in [-0.05, 0) is 67.4 Å². The maximum atomic E-state index is 12.7. The quantitative estimate of drug-likeness (QED) is 0.370. The highest BCUT2D eigenvalue weighted by atomic mass is 35.5. The Labute approximate surface area is 193 Å². The van der Waals surface area contributed by atoms with Crippen LogP contribution in [0.4, 0.5) is 0 Å². The molecule has 1 heterocycles. The lowest BCUT2D eigenvalue weighted by atomic mass is 10.2. The van der Waals surface area contributed by atoms with Gasteiger partial charge in [0.05, 0.1) is 23.6 Å². The van der Waals surface area contributed by atoms with E-state index in [0.29, 0.717) is 23.7 Å². The molecule has 0 radical (unpaired) electrons. The van der Waals surface area contributed by atoms with Crippen molar-refractivity contribution in [3.05, 3.63) is 94.8 Å². The molecule has 0 bridgehead atoms. The third-order valence-corrected chi connectivity index (χ3v) is 5.69. The van der Waals surface area contributed by atoms with Crippen LogP contribution in [0.25, 0.3) is 11.0 Å². The van der Waals surface area contributed by atoms with Gasteiger partial charge >= 0.3 is 0 Å². The molecule has 0 fully saturated rings. The highest BCUT2D eigenvalue weighted by Crippen LogP contribution is 2.22. The minimum absolute atomic E-state index is 0.167. The summed E-state index contributed by atoms with van der Waals surface area (Å²) in [5.74, 6) is 1.47. The number of ether oxygens (including phenoxy) is 1. The second-order valence-corrected chi connectivity index (χ2v) is 8.09. The van der Waals surface area contributed by atoms with Gasteiger partial charge in [0.1, 0.15) is 18.2 Å². The number of imidazole rings is 1. The number of hydrogen-bond donors (Lipinski definition) is 1. The molecule has 0 aliphatic rings. The van der Waals surface area contributed by atoms with Gasteiger partial charge in [-0.2, -0.15) is 0 Å². The number of aryl methyl sites for hydroxylation is 1. The largest absolute Gasteiger partial charge is 0.492 e. The first-order valence-corrected chi connectivity index (χ1v) is 11.2. The average Bonchev–Trinajstić information content (AvgIpc) is 3.19. The Balaban J connectivity index is 1.51. The number of carbonyl (C=O) groups excluding carboxylic acids is 1. The minimum Gasteiger partial charge on any atom is -0.492 e. The number of aromatic nitrogens is 2. The van der Waals surface area contributed by atoms with Gasteiger partial charge in [-0.1, -0.05) is 42.8 Å². The molecule has 0 saturated carbocycles. The van der Waals surface area contributed by atoms with Gasteiger partial charge in [-0.3, -0.25) is 4.79 Å². The highest BCUT2D eigenvalue weighted by molar-refractivity contribution is 6.30. The lowest BCUT2D eigenvalue weighted by Gasteiger charge is -2.17. The summed E-state index contributed by atoms with van der Waals surface area (Å²) in [6.45, 7) is 5.19. The molecule has 164 valence electrons. The second kappa shape index (κ2) is 9.88. The second-order valence-electron chi connectivity index (χ2n) is 7.66. The molecule has 1 aromatic heterocycles. The molecule has 1 atom stereocenters. The number of halogens is 1. The van der Waals surface area contributed by atoms with Gasteiger partial charge in [-0.25, -0.2) is 4.98 Å². The van der Waals surface area contributed by atoms with Crippen LogP contribution in [0.1, 0.15) is 41.6 Å². The molecule has 0 saturated heterocycles. The number of carbonyl (C=O) groups is 1. The monoisotopic (exact) mass is 447 g/mol. The van der Waals surface area contributed by atoms with Gasteiger partial charge in [0.2, 0.25) is 0 Å². The Morgan fingerprint density at radius 2 is 1.78 bits per heavy atom. The van der Waals surface area contributed by atoms with Crippen molar-refractivity contribution in [3.8, 4) is 5.75 Å². The Hall–Kier alpha value is -3.31. The van der Waals surface area contributed by atoms with E-state index in [9.17, 15) is 4.79 Å². The van der Waals surface area contributed by atoms with Crippen LogP contribution in [0.3, 0.4) is 0 Å². The number of nitrogens with one attached hydrogen (secondary N) is 1. The molecule has 0 aliphatic carbocycles. The molecule has 4 aromatic rings. The lowest BCUT2D eigenvalue weighted by Crippen LogP contribution is -2.29. The third-order valence-electron chi connectivity index (χ3n) is 5.44. The van der Waals surface area contributed by atoms with Gasteiger partial charge in [0.15, 0.2) is 0 Å². The average molecular weight is 448 g/mol. The number of benzene rings is 3. The normalized spacial score (nSPS) is 12.0. The van der Waals surface area contributed by atoms with Crippen LogP contribution in [0.2, 0.25) is 5.02 Å². The van der Waals surface area contributed by atoms with E-state index in [-0.39, 0.29) is 11.9 Å². The predicted octanol–water partition coefficient (Wildman–Crippen LogP) is 5.82. The summed E-state index contributed by atoms with van der Waals surface area (Å²) in [5, 5.41) is 3.65. The van der Waals surface area contributed by atoms with Crippen molar-refractivity contribution < 1.29 is 9.53 Å². The van der Waals surface area contributed by atoms with E-state index < -0.39 is 0 Å². The molecule has 0 spiro atoms. The third kappa shape index (κ3) is 4.94. The molecule has 1 N–H and O–H groups in total. The molecular formula is C26H26ClN3O2. The van der Waals surface area contributed by atoms with E-state index in [1.165, 1.54) is 5.56 Å². The van der Waals surface area contributed by atoms with Crippen molar-refractivity contribution in [2.45, 2.75) is 32.9 Å². The molecular weight excluding hydrogens is 422 g/mol. The van der Waals surface area contributed by atoms with Crippen molar-refractivity contribution in [1.29, 1.82) is 0 Å². The van der Waals surface area contributed by atoms with Crippen LogP contribution < -0.4 is 10.1 Å². The number of rotatable bonds is 8. The Morgan fingerprint density at radius 1 is 1.06 bits per heavy atom. The fourth-order valence-corrected chi connectivity index (χ4v) is 3.81. The molecule has 1 unspecified atom stereocenters. The molecule has 5 nitrogen and oxygen atoms in total. The summed E-state index contributed by atoms with van der Waals surface area (Å²) in [4.78, 5) is 17.5. The van der Waals surface area contributed by atoms with E-state index in [4.69, 9.17) is 21.3 Å². The molecule has 0 aliphatic heterocycles. The minimum atomic E-state index is -0.283. The molecule has 1 amide bonds. The van der Waals surface area contributed by atoms with Gasteiger partial charge in [-0.15, -0.1) is 0 Å². The zero-order valence-electron chi connectivity index (χ0n) is 18.2. The van der Waals surface area contributed by atoms with Crippen molar-refractivity contribution in [3.63, 3.8) is 0 Å². The predicted molar refractivity (Wildman–Crippen MR) is 128 cm³/mol. The van der Waals surface area contributed by atoms with Gasteiger partial charge in [0.25, 0.3) is 5.91 Å². The SMILES string of the molecule is CCc1ccc(OCCn2c(C(C)NC(=O)c3ccc(Cl)cc3)nc3ccccc32)cc1. The first kappa shape index (κ1) is 21.9. The maximum Gasteiger partial charge on any atom is 0.251 e. The van der Waals surface area contributed by atoms with Crippen molar-refractivity contribution in [2.24, 2.45) is 0 Å². The Morgan fingerprint density at radius 3 is 2.50 bits per heavy atom. The fraction of sp³-hybridized carbons (Fsp3) is 0.231. The zero-order chi connectivity index (χ0) is 22.5. The summed E-state index contributed by atoms with van der Waals surface area (Å²) in [6.07, 6.45) is 1.00. The van der Waals surface area contributed by atoms with Gasteiger partial charge in [0, 0.05) is 10.6 Å². The molecule has 32 heavy (non-hydrogen) atoms. The zero-order valence-corrected chi connectivity index (χ0v) is 19.0. The van der Waals surface area contributed by atoms with Crippen molar-refractivity contribution in [1.82, 2.24) is 14.9 Å². The van der Waals surface area contributed by atoms with Crippen LogP contribution in [-0.2, 0) is 13.0 Å². The van der Waals surface area contributed by atoms with E-state index in [2.05, 4.69) is 28.9 Å². The van der Waals surface area contributed by atoms with E-state index >= 15 is 0 Å². The van der Waals surface area contributed by atoms with Crippen LogP contribution in [0.15, 0.2) is 72.8 Å².